The summed E-state index contributed by atoms with van der Waals surface area (Å²) in [5, 5.41) is 3.61. The van der Waals surface area contributed by atoms with Crippen molar-refractivity contribution in [3.63, 3.8) is 0 Å². The summed E-state index contributed by atoms with van der Waals surface area (Å²) in [7, 11) is 0. The zero-order valence-electron chi connectivity index (χ0n) is 14.7. The second kappa shape index (κ2) is 8.86. The first-order valence-electron chi connectivity index (χ1n) is 9.05. The normalized spacial score (nSPS) is 14.1. The van der Waals surface area contributed by atoms with E-state index in [-0.39, 0.29) is 11.8 Å². The molecule has 0 spiro atoms. The maximum Gasteiger partial charge on any atom is 0.253 e. The zero-order chi connectivity index (χ0) is 18.4. The van der Waals surface area contributed by atoms with Crippen molar-refractivity contribution in [3.8, 4) is 0 Å². The molecule has 0 aromatic heterocycles. The standard InChI is InChI=1S/C21H23ClN2O2/c22-19-10-4-16(5-11-19)12-13-23-20(25)17-6-8-18(9-7-17)21(26)24-14-2-1-3-15-24/h4-11H,1-3,12-15H2,(H,23,25). The Bertz CT molecular complexity index is 751. The average Bonchev–Trinajstić information content (AvgIpc) is 2.69. The largest absolute Gasteiger partial charge is 0.352 e. The van der Waals surface area contributed by atoms with Crippen LogP contribution in [-0.2, 0) is 6.42 Å². The van der Waals surface area contributed by atoms with Crippen molar-refractivity contribution in [1.29, 1.82) is 0 Å². The molecule has 136 valence electrons. The number of hydrogen-bond acceptors (Lipinski definition) is 2. The van der Waals surface area contributed by atoms with Gasteiger partial charge in [0, 0.05) is 35.8 Å². The molecule has 3 rings (SSSR count). The predicted octanol–water partition coefficient (Wildman–Crippen LogP) is 3.94. The van der Waals surface area contributed by atoms with E-state index in [4.69, 9.17) is 11.6 Å². The van der Waals surface area contributed by atoms with Gasteiger partial charge in [-0.05, 0) is 67.6 Å². The van der Waals surface area contributed by atoms with Gasteiger partial charge in [-0.25, -0.2) is 0 Å². The lowest BCUT2D eigenvalue weighted by molar-refractivity contribution is 0.0723. The van der Waals surface area contributed by atoms with E-state index in [2.05, 4.69) is 5.32 Å². The Hall–Kier alpha value is -2.33. The molecule has 1 heterocycles. The Balaban J connectivity index is 1.51. The maximum atomic E-state index is 12.4. The SMILES string of the molecule is O=C(NCCc1ccc(Cl)cc1)c1ccc(C(=O)N2CCCCC2)cc1. The second-order valence-corrected chi connectivity index (χ2v) is 7.00. The molecular weight excluding hydrogens is 348 g/mol. The Labute approximate surface area is 159 Å². The van der Waals surface area contributed by atoms with Crippen molar-refractivity contribution in [3.05, 3.63) is 70.2 Å². The summed E-state index contributed by atoms with van der Waals surface area (Å²) in [5.74, 6) is -0.0738. The third-order valence-electron chi connectivity index (χ3n) is 4.65. The fourth-order valence-corrected chi connectivity index (χ4v) is 3.24. The van der Waals surface area contributed by atoms with E-state index in [0.29, 0.717) is 22.7 Å². The molecule has 2 aromatic rings. The molecule has 1 aliphatic rings. The van der Waals surface area contributed by atoms with Gasteiger partial charge in [0.25, 0.3) is 11.8 Å². The van der Waals surface area contributed by atoms with Gasteiger partial charge in [-0.15, -0.1) is 0 Å². The molecule has 26 heavy (non-hydrogen) atoms. The van der Waals surface area contributed by atoms with E-state index in [1.54, 1.807) is 24.3 Å². The zero-order valence-corrected chi connectivity index (χ0v) is 15.5. The van der Waals surface area contributed by atoms with E-state index >= 15 is 0 Å². The summed E-state index contributed by atoms with van der Waals surface area (Å²) in [6, 6.07) is 14.5. The second-order valence-electron chi connectivity index (χ2n) is 6.56. The molecule has 5 heteroatoms. The van der Waals surface area contributed by atoms with Crippen molar-refractivity contribution in [2.45, 2.75) is 25.7 Å². The quantitative estimate of drug-likeness (QED) is 0.866. The van der Waals surface area contributed by atoms with Gasteiger partial charge in [0.05, 0.1) is 0 Å². The van der Waals surface area contributed by atoms with Crippen molar-refractivity contribution in [1.82, 2.24) is 10.2 Å². The lowest BCUT2D eigenvalue weighted by Crippen LogP contribution is -2.35. The van der Waals surface area contributed by atoms with Crippen LogP contribution in [0.4, 0.5) is 0 Å². The molecule has 0 aliphatic carbocycles. The summed E-state index contributed by atoms with van der Waals surface area (Å²) < 4.78 is 0. The van der Waals surface area contributed by atoms with E-state index in [9.17, 15) is 9.59 Å². The number of carbonyl (C=O) groups is 2. The first-order chi connectivity index (χ1) is 12.6. The van der Waals surface area contributed by atoms with Gasteiger partial charge in [-0.3, -0.25) is 9.59 Å². The van der Waals surface area contributed by atoms with Crippen LogP contribution in [0.1, 0.15) is 45.5 Å². The Morgan fingerprint density at radius 3 is 2.15 bits per heavy atom. The summed E-state index contributed by atoms with van der Waals surface area (Å²) in [5.41, 5.74) is 2.33. The molecule has 1 N–H and O–H groups in total. The molecule has 1 fully saturated rings. The number of halogens is 1. The Morgan fingerprint density at radius 1 is 0.885 bits per heavy atom. The summed E-state index contributed by atoms with van der Waals surface area (Å²) in [4.78, 5) is 26.6. The molecule has 2 amide bonds. The van der Waals surface area contributed by atoms with Gasteiger partial charge in [-0.1, -0.05) is 23.7 Å². The minimum atomic E-state index is -0.129. The first kappa shape index (κ1) is 18.5. The number of benzene rings is 2. The topological polar surface area (TPSA) is 49.4 Å². The van der Waals surface area contributed by atoms with E-state index in [1.165, 1.54) is 6.42 Å². The predicted molar refractivity (Wildman–Crippen MR) is 104 cm³/mol. The van der Waals surface area contributed by atoms with E-state index in [1.807, 2.05) is 29.2 Å². The first-order valence-corrected chi connectivity index (χ1v) is 9.43. The number of carbonyl (C=O) groups excluding carboxylic acids is 2. The highest BCUT2D eigenvalue weighted by atomic mass is 35.5. The molecule has 0 unspecified atom stereocenters. The molecular formula is C21H23ClN2O2. The molecule has 0 radical (unpaired) electrons. The van der Waals surface area contributed by atoms with E-state index < -0.39 is 0 Å². The molecule has 2 aromatic carbocycles. The van der Waals surface area contributed by atoms with Gasteiger partial charge >= 0.3 is 0 Å². The third kappa shape index (κ3) is 4.85. The Morgan fingerprint density at radius 2 is 1.50 bits per heavy atom. The molecule has 0 bridgehead atoms. The summed E-state index contributed by atoms with van der Waals surface area (Å²) in [6.45, 7) is 2.20. The summed E-state index contributed by atoms with van der Waals surface area (Å²) in [6.07, 6.45) is 4.08. The highest BCUT2D eigenvalue weighted by molar-refractivity contribution is 6.30. The van der Waals surface area contributed by atoms with Crippen molar-refractivity contribution >= 4 is 23.4 Å². The summed E-state index contributed by atoms with van der Waals surface area (Å²) >= 11 is 5.86. The smallest absolute Gasteiger partial charge is 0.253 e. The number of piperidine rings is 1. The highest BCUT2D eigenvalue weighted by Crippen LogP contribution is 2.14. The van der Waals surface area contributed by atoms with Crippen molar-refractivity contribution in [2.75, 3.05) is 19.6 Å². The fraction of sp³-hybridized carbons (Fsp3) is 0.333. The molecule has 0 saturated carbocycles. The molecule has 1 aliphatic heterocycles. The molecule has 4 nitrogen and oxygen atoms in total. The highest BCUT2D eigenvalue weighted by Gasteiger charge is 2.18. The van der Waals surface area contributed by atoms with Gasteiger partial charge in [0.2, 0.25) is 0 Å². The van der Waals surface area contributed by atoms with Crippen LogP contribution in [0, 0.1) is 0 Å². The third-order valence-corrected chi connectivity index (χ3v) is 4.90. The van der Waals surface area contributed by atoms with E-state index in [0.717, 1.165) is 37.9 Å². The monoisotopic (exact) mass is 370 g/mol. The van der Waals surface area contributed by atoms with Crippen LogP contribution in [0.5, 0.6) is 0 Å². The molecule has 1 saturated heterocycles. The minimum Gasteiger partial charge on any atom is -0.352 e. The number of likely N-dealkylation sites (tertiary alicyclic amines) is 1. The van der Waals surface area contributed by atoms with Crippen LogP contribution in [0.15, 0.2) is 48.5 Å². The van der Waals surface area contributed by atoms with Crippen molar-refractivity contribution in [2.24, 2.45) is 0 Å². The number of hydrogen-bond donors (Lipinski definition) is 1. The van der Waals surface area contributed by atoms with Crippen LogP contribution in [0.2, 0.25) is 5.02 Å². The fourth-order valence-electron chi connectivity index (χ4n) is 3.12. The average molecular weight is 371 g/mol. The number of amides is 2. The minimum absolute atomic E-state index is 0.0550. The number of nitrogens with zero attached hydrogens (tertiary/aromatic N) is 1. The van der Waals surface area contributed by atoms with Crippen LogP contribution in [-0.4, -0.2) is 36.3 Å². The lowest BCUT2D eigenvalue weighted by atomic mass is 10.1. The number of nitrogens with one attached hydrogen (secondary N) is 1. The molecule has 0 atom stereocenters. The van der Waals surface area contributed by atoms with Crippen molar-refractivity contribution < 1.29 is 9.59 Å². The van der Waals surface area contributed by atoms with Gasteiger partial charge in [0.15, 0.2) is 0 Å². The van der Waals surface area contributed by atoms with Crippen LogP contribution >= 0.6 is 11.6 Å². The number of rotatable bonds is 5. The van der Waals surface area contributed by atoms with Crippen LogP contribution < -0.4 is 5.32 Å². The maximum absolute atomic E-state index is 12.4. The van der Waals surface area contributed by atoms with Crippen LogP contribution in [0.3, 0.4) is 0 Å². The van der Waals surface area contributed by atoms with Crippen LogP contribution in [0.25, 0.3) is 0 Å². The Kier molecular flexibility index (Phi) is 6.29. The van der Waals surface area contributed by atoms with Gasteiger partial charge in [0.1, 0.15) is 0 Å². The van der Waals surface area contributed by atoms with Gasteiger partial charge in [-0.2, -0.15) is 0 Å². The lowest BCUT2D eigenvalue weighted by Gasteiger charge is -2.26. The van der Waals surface area contributed by atoms with Gasteiger partial charge < -0.3 is 10.2 Å².